The van der Waals surface area contributed by atoms with E-state index in [1.807, 2.05) is 212 Å². The third-order valence-electron chi connectivity index (χ3n) is 20.3. The lowest BCUT2D eigenvalue weighted by Crippen LogP contribution is -2.39. The van der Waals surface area contributed by atoms with Gasteiger partial charge in [0.2, 0.25) is 19.7 Å². The molecule has 14 aromatic carbocycles. The topological polar surface area (TPSA) is 168 Å². The van der Waals surface area contributed by atoms with Gasteiger partial charge in [0.25, 0.3) is 0 Å². The number of pyridine rings is 2. The number of benzene rings is 14. The maximum atomic E-state index is 12.1. The number of ether oxygens (including phenoxy) is 1. The van der Waals surface area contributed by atoms with E-state index in [1.54, 1.807) is 97.3 Å². The average molecular weight is 1680 g/mol. The summed E-state index contributed by atoms with van der Waals surface area (Å²) < 4.78 is 54.1. The highest BCUT2D eigenvalue weighted by Crippen LogP contribution is 2.43. The Kier molecular flexibility index (Phi) is 28.8. The molecule has 6 heterocycles. The molecule has 16 heteroatoms. The number of sulfone groups is 2. The van der Waals surface area contributed by atoms with Crippen LogP contribution >= 0.6 is 11.8 Å². The van der Waals surface area contributed by atoms with Crippen molar-refractivity contribution in [2.75, 3.05) is 20.9 Å². The van der Waals surface area contributed by atoms with Crippen LogP contribution in [-0.2, 0) is 19.7 Å². The van der Waals surface area contributed by atoms with E-state index in [-0.39, 0.29) is 12.1 Å². The molecule has 3 N–H and O–H groups in total. The zero-order valence-corrected chi connectivity index (χ0v) is 70.2. The Morgan fingerprint density at radius 2 is 0.766 bits per heavy atom. The Hall–Kier alpha value is -14.8. The Morgan fingerprint density at radius 3 is 1.27 bits per heavy atom. The monoisotopic (exact) mass is 1670 g/mol. The Bertz CT molecular complexity index is 6070. The number of hydrogen-bond acceptors (Lipinski definition) is 14. The van der Waals surface area contributed by atoms with E-state index in [0.717, 1.165) is 62.1 Å². The molecule has 5 atom stereocenters. The van der Waals surface area contributed by atoms with E-state index in [4.69, 9.17) is 4.74 Å². The molecule has 0 fully saturated rings. The second-order valence-corrected chi connectivity index (χ2v) is 33.8. The van der Waals surface area contributed by atoms with Gasteiger partial charge in [-0.2, -0.15) is 0 Å². The average Bonchev–Trinajstić information content (AvgIpc) is 1.59. The number of para-hydroxylation sites is 13. The number of allylic oxidation sites excluding steroid dienone is 6. The Balaban J connectivity index is 0.000000109. The smallest absolute Gasteiger partial charge is 0.207 e. The fourth-order valence-corrected chi connectivity index (χ4v) is 18.4. The fraction of sp³-hybridized carbons (Fsp3) is 0.0556. The molecular weight excluding hydrogens is 1590 g/mol. The van der Waals surface area contributed by atoms with Crippen LogP contribution in [0.5, 0.6) is 5.75 Å². The Morgan fingerprint density at radius 1 is 0.371 bits per heavy atom. The van der Waals surface area contributed by atoms with E-state index >= 15 is 0 Å². The van der Waals surface area contributed by atoms with Crippen molar-refractivity contribution in [2.24, 2.45) is 0 Å². The van der Waals surface area contributed by atoms with E-state index < -0.39 is 19.7 Å². The summed E-state index contributed by atoms with van der Waals surface area (Å²) >= 11 is 1.94. The van der Waals surface area contributed by atoms with Crippen LogP contribution < -0.4 is 25.6 Å². The molecule has 23 rings (SSSR count). The number of fused-ring (bicyclic) bond motifs is 11. The molecule has 17 aromatic rings. The highest BCUT2D eigenvalue weighted by molar-refractivity contribution is 8.00. The van der Waals surface area contributed by atoms with E-state index in [9.17, 15) is 16.8 Å². The van der Waals surface area contributed by atoms with Crippen LogP contribution in [0.25, 0.3) is 55.0 Å². The summed E-state index contributed by atoms with van der Waals surface area (Å²) in [7, 11) is -6.60. The summed E-state index contributed by atoms with van der Waals surface area (Å²) in [4.78, 5) is 22.5. The van der Waals surface area contributed by atoms with Gasteiger partial charge in [0.05, 0.1) is 75.7 Å². The molecule has 0 radical (unpaired) electrons. The van der Waals surface area contributed by atoms with Crippen molar-refractivity contribution in [1.29, 1.82) is 0 Å². The van der Waals surface area contributed by atoms with Crippen molar-refractivity contribution in [3.05, 3.63) is 486 Å². The summed E-state index contributed by atoms with van der Waals surface area (Å²) in [6.07, 6.45) is 30.3. The van der Waals surface area contributed by atoms with Crippen molar-refractivity contribution in [3.63, 3.8) is 0 Å². The maximum Gasteiger partial charge on any atom is 0.207 e. The zero-order chi connectivity index (χ0) is 84.8. The lowest BCUT2D eigenvalue weighted by Gasteiger charge is -2.32. The normalized spacial score (nSPS) is 16.0. The molecule has 3 aliphatic carbocycles. The fourth-order valence-electron chi connectivity index (χ4n) is 14.2. The molecule has 124 heavy (non-hydrogen) atoms. The molecule has 3 aromatic heterocycles. The van der Waals surface area contributed by atoms with Crippen LogP contribution in [-0.4, -0.2) is 66.3 Å². The quantitative estimate of drug-likeness (QED) is 0.129. The molecular formula is C108H90N8O5S3. The molecule has 0 amide bonds. The molecule has 5 unspecified atom stereocenters. The lowest BCUT2D eigenvalue weighted by molar-refractivity contribution is 0.229. The van der Waals surface area contributed by atoms with Gasteiger partial charge in [-0.25, -0.2) is 31.8 Å². The van der Waals surface area contributed by atoms with Crippen molar-refractivity contribution >= 4 is 109 Å². The van der Waals surface area contributed by atoms with Gasteiger partial charge in [0, 0.05) is 73.7 Å². The SMILES string of the molecule is C1=CC2Nc3ccccc3OC2C=C1.C1=CC2Nc3ccccc3SC2C=C1.C1=CCC(Nc2ccccc2)C=C1.O=S(=O)(c1ccccc1)c1ccccc1.O=S1(=O)c2ccccc2-c2ccccc21.c1ccc(N(c2ccccc2)c2ccccc2)cc1.c1ccc2nc3ccccc3cc2c1.c1ccc2nc3ccccc3nc2c1.c1ccncc1. The van der Waals surface area contributed by atoms with E-state index in [1.165, 1.54) is 44.1 Å². The second kappa shape index (κ2) is 42.4. The predicted octanol–water partition coefficient (Wildman–Crippen LogP) is 25.8. The largest absolute Gasteiger partial charge is 0.482 e. The molecule has 6 aliphatic rings. The lowest BCUT2D eigenvalue weighted by atomic mass is 10.0. The molecule has 0 saturated heterocycles. The maximum absolute atomic E-state index is 12.1. The van der Waals surface area contributed by atoms with Gasteiger partial charge in [-0.1, -0.05) is 303 Å². The van der Waals surface area contributed by atoms with Crippen molar-refractivity contribution < 1.29 is 21.6 Å². The zero-order valence-electron chi connectivity index (χ0n) is 67.8. The molecule has 610 valence electrons. The first-order chi connectivity index (χ1) is 61.1. The third kappa shape index (κ3) is 22.2. The number of rotatable bonds is 7. The van der Waals surface area contributed by atoms with Crippen LogP contribution in [0.1, 0.15) is 6.42 Å². The van der Waals surface area contributed by atoms with Gasteiger partial charge >= 0.3 is 0 Å². The minimum absolute atomic E-state index is 0.134. The number of nitrogens with one attached hydrogen (secondary N) is 3. The summed E-state index contributed by atoms with van der Waals surface area (Å²) in [5.41, 5.74) is 14.6. The summed E-state index contributed by atoms with van der Waals surface area (Å²) in [6, 6.07) is 130. The molecule has 13 nitrogen and oxygen atoms in total. The van der Waals surface area contributed by atoms with Crippen LogP contribution in [0.2, 0.25) is 0 Å². The van der Waals surface area contributed by atoms with Gasteiger partial charge in [-0.15, -0.1) is 11.8 Å². The van der Waals surface area contributed by atoms with Gasteiger partial charge in [0.15, 0.2) is 0 Å². The highest BCUT2D eigenvalue weighted by atomic mass is 32.2. The summed E-state index contributed by atoms with van der Waals surface area (Å²) in [5.74, 6) is 0.939. The molecule has 3 aliphatic heterocycles. The minimum atomic E-state index is -3.34. The number of anilines is 6. The number of hydrogen-bond donors (Lipinski definition) is 3. The van der Waals surface area contributed by atoms with E-state index in [2.05, 4.69) is 229 Å². The van der Waals surface area contributed by atoms with Crippen molar-refractivity contribution in [3.8, 4) is 16.9 Å². The number of aromatic nitrogens is 4. The molecule has 0 spiro atoms. The van der Waals surface area contributed by atoms with Gasteiger partial charge < -0.3 is 25.6 Å². The Labute approximate surface area is 729 Å². The van der Waals surface area contributed by atoms with Crippen molar-refractivity contribution in [1.82, 2.24) is 19.9 Å². The van der Waals surface area contributed by atoms with Crippen LogP contribution in [0, 0.1) is 0 Å². The minimum Gasteiger partial charge on any atom is -0.482 e. The first-order valence-corrected chi connectivity index (χ1v) is 44.7. The van der Waals surface area contributed by atoms with E-state index in [0.29, 0.717) is 36.9 Å². The molecule has 0 bridgehead atoms. The highest BCUT2D eigenvalue weighted by Gasteiger charge is 2.32. The summed E-state index contributed by atoms with van der Waals surface area (Å²) in [5, 5.41) is 13.4. The predicted molar refractivity (Wildman–Crippen MR) is 512 cm³/mol. The standard InChI is InChI=1S/C18H15N.C13H9N.C12H8N2.C12H11NO.C12H11NS.C12H13N.C12H8O2S.C12H10O2S.C5H5N/c1-4-10-16(11-5-1)19(17-12-6-2-7-13-17)18-14-8-3-9-15-18;1-3-7-12-10(5-1)9-11-6-2-4-8-13(11)14-12;1-2-6-10-9(5-1)13-11-7-3-4-8-12(11)14-10;2*1-3-7-11-9(5-1)13-10-6-2-4-8-12(10)14-11;1-3-7-11(8-4-1)13-12-9-5-2-6-10-12;13-15(14)11-7-3-1-5-9(11)10-6-2-4-8-12(10)15;13-15(14,11-7-3-1-4-8-11)12-9-5-2-6-10-12;1-2-4-6-5-3-1/h1-15H;1-9H;1-8H;2*1-9,11,13H;1-9,12-13H,10H2;1-8H;1-10H;1-5H. The first-order valence-electron chi connectivity index (χ1n) is 40.9. The van der Waals surface area contributed by atoms with Crippen LogP contribution in [0.3, 0.4) is 0 Å². The second-order valence-electron chi connectivity index (χ2n) is 28.8. The number of nitrogens with zero attached hydrogens (tertiary/aromatic N) is 5. The van der Waals surface area contributed by atoms with Gasteiger partial charge in [-0.3, -0.25) is 4.98 Å². The van der Waals surface area contributed by atoms with Gasteiger partial charge in [-0.05, 0) is 176 Å². The summed E-state index contributed by atoms with van der Waals surface area (Å²) in [6.45, 7) is 0. The first kappa shape index (κ1) is 84.2. The van der Waals surface area contributed by atoms with Crippen LogP contribution in [0.15, 0.2) is 510 Å². The van der Waals surface area contributed by atoms with Crippen LogP contribution in [0.4, 0.5) is 34.1 Å². The number of thioether (sulfide) groups is 1. The van der Waals surface area contributed by atoms with Gasteiger partial charge in [0.1, 0.15) is 11.9 Å². The van der Waals surface area contributed by atoms with Crippen molar-refractivity contribution in [2.45, 2.75) is 60.4 Å². The molecule has 0 saturated carbocycles. The third-order valence-corrected chi connectivity index (χ3v) is 25.2.